The van der Waals surface area contributed by atoms with E-state index in [1.807, 2.05) is 36.4 Å². The standard InChI is InChI=1S/C20H15BrN2O2S2/c21-19-17-10-4-5-11-18(17)26-20(19)23(14-15-7-6-12-22-13-15)27(24,25)16-8-2-1-3-9-16/h1-13H,14H2. The van der Waals surface area contributed by atoms with Crippen LogP contribution in [0, 0.1) is 0 Å². The maximum absolute atomic E-state index is 13.5. The molecular formula is C20H15BrN2O2S2. The molecule has 0 atom stereocenters. The minimum atomic E-state index is -3.74. The minimum absolute atomic E-state index is 0.205. The van der Waals surface area contributed by atoms with Gasteiger partial charge in [-0.05, 0) is 45.8 Å². The molecule has 4 aromatic rings. The first kappa shape index (κ1) is 18.2. The van der Waals surface area contributed by atoms with Gasteiger partial charge in [0.25, 0.3) is 10.0 Å². The summed E-state index contributed by atoms with van der Waals surface area (Å²) in [4.78, 5) is 4.38. The molecule has 136 valence electrons. The van der Waals surface area contributed by atoms with Crippen LogP contribution in [0.1, 0.15) is 5.56 Å². The number of aromatic nitrogens is 1. The van der Waals surface area contributed by atoms with Gasteiger partial charge in [-0.1, -0.05) is 42.5 Å². The fourth-order valence-corrected chi connectivity index (χ4v) is 6.65. The van der Waals surface area contributed by atoms with E-state index in [-0.39, 0.29) is 11.4 Å². The number of anilines is 1. The monoisotopic (exact) mass is 458 g/mol. The summed E-state index contributed by atoms with van der Waals surface area (Å²) < 4.78 is 30.2. The van der Waals surface area contributed by atoms with Crippen molar-refractivity contribution in [3.05, 3.63) is 89.2 Å². The molecule has 4 nitrogen and oxygen atoms in total. The summed E-state index contributed by atoms with van der Waals surface area (Å²) in [7, 11) is -3.74. The molecule has 0 N–H and O–H groups in total. The summed E-state index contributed by atoms with van der Waals surface area (Å²) in [5.74, 6) is 0. The smallest absolute Gasteiger partial charge is 0.264 e. The molecule has 0 aliphatic carbocycles. The summed E-state index contributed by atoms with van der Waals surface area (Å²) in [6.45, 7) is 0.205. The number of pyridine rings is 1. The van der Waals surface area contributed by atoms with Crippen LogP contribution in [-0.2, 0) is 16.6 Å². The van der Waals surface area contributed by atoms with Gasteiger partial charge in [0.15, 0.2) is 0 Å². The van der Waals surface area contributed by atoms with Crippen molar-refractivity contribution in [2.75, 3.05) is 4.31 Å². The Labute approximate surface area is 170 Å². The Morgan fingerprint density at radius 1 is 0.963 bits per heavy atom. The third-order valence-corrected chi connectivity index (χ3v) is 8.26. The van der Waals surface area contributed by atoms with Crippen LogP contribution in [0.25, 0.3) is 10.1 Å². The Balaban J connectivity index is 1.89. The number of halogens is 1. The average molecular weight is 459 g/mol. The van der Waals surface area contributed by atoms with Gasteiger partial charge in [-0.15, -0.1) is 11.3 Å². The molecule has 2 aromatic carbocycles. The van der Waals surface area contributed by atoms with Crippen LogP contribution in [0.4, 0.5) is 5.00 Å². The Kier molecular flexibility index (Phi) is 4.99. The molecule has 2 aromatic heterocycles. The summed E-state index contributed by atoms with van der Waals surface area (Å²) >= 11 is 5.07. The van der Waals surface area contributed by atoms with Crippen molar-refractivity contribution in [2.24, 2.45) is 0 Å². The van der Waals surface area contributed by atoms with Crippen molar-refractivity contribution in [3.8, 4) is 0 Å². The lowest BCUT2D eigenvalue weighted by Gasteiger charge is -2.23. The van der Waals surface area contributed by atoms with Crippen molar-refractivity contribution in [1.82, 2.24) is 4.98 Å². The van der Waals surface area contributed by atoms with Crippen LogP contribution >= 0.6 is 27.3 Å². The number of fused-ring (bicyclic) bond motifs is 1. The van der Waals surface area contributed by atoms with Crippen molar-refractivity contribution in [2.45, 2.75) is 11.4 Å². The van der Waals surface area contributed by atoms with Gasteiger partial charge in [-0.25, -0.2) is 8.42 Å². The molecule has 0 aliphatic heterocycles. The number of sulfonamides is 1. The number of benzene rings is 2. The van der Waals surface area contributed by atoms with E-state index in [1.54, 1.807) is 42.7 Å². The van der Waals surface area contributed by atoms with Gasteiger partial charge in [-0.2, -0.15) is 0 Å². The molecule has 0 unspecified atom stereocenters. The van der Waals surface area contributed by atoms with Crippen molar-refractivity contribution in [3.63, 3.8) is 0 Å². The second kappa shape index (κ2) is 7.42. The molecule has 0 amide bonds. The highest BCUT2D eigenvalue weighted by Crippen LogP contribution is 2.44. The highest BCUT2D eigenvalue weighted by Gasteiger charge is 2.29. The normalized spacial score (nSPS) is 11.6. The lowest BCUT2D eigenvalue weighted by atomic mass is 10.2. The number of thiophene rings is 1. The van der Waals surface area contributed by atoms with Crippen LogP contribution in [0.15, 0.2) is 88.5 Å². The molecule has 7 heteroatoms. The third kappa shape index (κ3) is 3.50. The average Bonchev–Trinajstić information content (AvgIpc) is 3.04. The van der Waals surface area contributed by atoms with E-state index < -0.39 is 10.0 Å². The highest BCUT2D eigenvalue weighted by molar-refractivity contribution is 9.10. The molecule has 0 fully saturated rings. The molecule has 0 bridgehead atoms. The number of hydrogen-bond donors (Lipinski definition) is 0. The molecule has 0 radical (unpaired) electrons. The van der Waals surface area contributed by atoms with E-state index in [0.717, 1.165) is 20.1 Å². The minimum Gasteiger partial charge on any atom is -0.264 e. The zero-order valence-electron chi connectivity index (χ0n) is 14.1. The Morgan fingerprint density at radius 2 is 1.70 bits per heavy atom. The zero-order valence-corrected chi connectivity index (χ0v) is 17.3. The van der Waals surface area contributed by atoms with Gasteiger partial charge in [0, 0.05) is 22.5 Å². The van der Waals surface area contributed by atoms with Crippen molar-refractivity contribution < 1.29 is 8.42 Å². The molecule has 4 rings (SSSR count). The Morgan fingerprint density at radius 3 is 2.41 bits per heavy atom. The van der Waals surface area contributed by atoms with Crippen LogP contribution in [0.5, 0.6) is 0 Å². The first-order valence-electron chi connectivity index (χ1n) is 8.21. The van der Waals surface area contributed by atoms with E-state index in [2.05, 4.69) is 20.9 Å². The molecular weight excluding hydrogens is 444 g/mol. The van der Waals surface area contributed by atoms with Crippen molar-refractivity contribution >= 4 is 52.4 Å². The number of nitrogens with zero attached hydrogens (tertiary/aromatic N) is 2. The number of rotatable bonds is 5. The second-order valence-corrected chi connectivity index (χ2v) is 9.59. The van der Waals surface area contributed by atoms with Gasteiger partial charge in [0.05, 0.1) is 15.9 Å². The second-order valence-electron chi connectivity index (χ2n) is 5.90. The SMILES string of the molecule is O=S(=O)(c1ccccc1)N(Cc1cccnc1)c1sc2ccccc2c1Br. The highest BCUT2D eigenvalue weighted by atomic mass is 79.9. The summed E-state index contributed by atoms with van der Waals surface area (Å²) in [5, 5.41) is 1.65. The molecule has 0 aliphatic rings. The van der Waals surface area contributed by atoms with Crippen LogP contribution in [0.3, 0.4) is 0 Å². The zero-order chi connectivity index (χ0) is 18.9. The Hall–Kier alpha value is -2.22. The van der Waals surface area contributed by atoms with Gasteiger partial charge < -0.3 is 0 Å². The van der Waals surface area contributed by atoms with Crippen LogP contribution in [0.2, 0.25) is 0 Å². The fraction of sp³-hybridized carbons (Fsp3) is 0.0500. The maximum atomic E-state index is 13.5. The van der Waals surface area contributed by atoms with Gasteiger partial charge in [0.2, 0.25) is 0 Å². The topological polar surface area (TPSA) is 50.3 Å². The largest absolute Gasteiger partial charge is 0.265 e. The quantitative estimate of drug-likeness (QED) is 0.399. The molecule has 27 heavy (non-hydrogen) atoms. The maximum Gasteiger partial charge on any atom is 0.265 e. The van der Waals surface area contributed by atoms with Gasteiger partial charge in [-0.3, -0.25) is 9.29 Å². The van der Waals surface area contributed by atoms with Crippen molar-refractivity contribution in [1.29, 1.82) is 0 Å². The first-order valence-corrected chi connectivity index (χ1v) is 11.3. The summed E-state index contributed by atoms with van der Waals surface area (Å²) in [6, 6.07) is 20.1. The fourth-order valence-electron chi connectivity index (χ4n) is 2.80. The van der Waals surface area contributed by atoms with E-state index in [4.69, 9.17) is 0 Å². The van der Waals surface area contributed by atoms with Crippen LogP contribution < -0.4 is 4.31 Å². The first-order chi connectivity index (χ1) is 13.1. The predicted molar refractivity (Wildman–Crippen MR) is 114 cm³/mol. The van der Waals surface area contributed by atoms with Gasteiger partial charge >= 0.3 is 0 Å². The Bertz CT molecular complexity index is 1180. The van der Waals surface area contributed by atoms with E-state index >= 15 is 0 Å². The third-order valence-electron chi connectivity index (χ3n) is 4.12. The number of hydrogen-bond acceptors (Lipinski definition) is 4. The summed E-state index contributed by atoms with van der Waals surface area (Å²) in [5.41, 5.74) is 0.821. The lowest BCUT2D eigenvalue weighted by Crippen LogP contribution is -2.30. The van der Waals surface area contributed by atoms with E-state index in [1.165, 1.54) is 15.6 Å². The molecule has 2 heterocycles. The molecule has 0 saturated carbocycles. The van der Waals surface area contributed by atoms with E-state index in [9.17, 15) is 8.42 Å². The summed E-state index contributed by atoms with van der Waals surface area (Å²) in [6.07, 6.45) is 3.36. The predicted octanol–water partition coefficient (Wildman–Crippen LogP) is 5.45. The van der Waals surface area contributed by atoms with E-state index in [0.29, 0.717) is 5.00 Å². The lowest BCUT2D eigenvalue weighted by molar-refractivity contribution is 0.590. The van der Waals surface area contributed by atoms with Crippen LogP contribution in [-0.4, -0.2) is 13.4 Å². The molecule has 0 spiro atoms. The van der Waals surface area contributed by atoms with Gasteiger partial charge in [0.1, 0.15) is 5.00 Å². The molecule has 0 saturated heterocycles.